The molecule has 16 heavy (non-hydrogen) atoms. The number of hydrogen-bond donors (Lipinski definition) is 2. The molecular weight excluding hydrogens is 210 g/mol. The van der Waals surface area contributed by atoms with Crippen molar-refractivity contribution in [1.82, 2.24) is 15.5 Å². The lowest BCUT2D eigenvalue weighted by Crippen LogP contribution is -2.47. The molecule has 0 atom stereocenters. The van der Waals surface area contributed by atoms with Crippen molar-refractivity contribution in [3.05, 3.63) is 0 Å². The van der Waals surface area contributed by atoms with E-state index in [2.05, 4.69) is 10.6 Å². The standard InChI is InChI=1S/C10H21N3O3/c1-15-7-4-11-2-3-12-10(14)13-5-8-16-9-6-13/h11H,2-9H2,1H3,(H,12,14). The second kappa shape index (κ2) is 8.32. The van der Waals surface area contributed by atoms with Crippen LogP contribution in [0.15, 0.2) is 0 Å². The minimum Gasteiger partial charge on any atom is -0.383 e. The zero-order valence-electron chi connectivity index (χ0n) is 9.83. The van der Waals surface area contributed by atoms with E-state index in [1.165, 1.54) is 0 Å². The Hall–Kier alpha value is -0.850. The zero-order valence-corrected chi connectivity index (χ0v) is 9.83. The smallest absolute Gasteiger partial charge is 0.317 e. The topological polar surface area (TPSA) is 62.8 Å². The van der Waals surface area contributed by atoms with Gasteiger partial charge in [-0.15, -0.1) is 0 Å². The largest absolute Gasteiger partial charge is 0.383 e. The summed E-state index contributed by atoms with van der Waals surface area (Å²) in [6.07, 6.45) is 0. The first-order valence-corrected chi connectivity index (χ1v) is 5.65. The van der Waals surface area contributed by atoms with Crippen LogP contribution in [0.4, 0.5) is 4.79 Å². The molecule has 6 nitrogen and oxygen atoms in total. The van der Waals surface area contributed by atoms with Gasteiger partial charge in [0.05, 0.1) is 19.8 Å². The lowest BCUT2D eigenvalue weighted by molar-refractivity contribution is 0.0533. The van der Waals surface area contributed by atoms with Crippen LogP contribution in [0.3, 0.4) is 0 Å². The average Bonchev–Trinajstić information content (AvgIpc) is 2.34. The van der Waals surface area contributed by atoms with E-state index in [1.54, 1.807) is 12.0 Å². The van der Waals surface area contributed by atoms with Crippen LogP contribution in [0, 0.1) is 0 Å². The van der Waals surface area contributed by atoms with Gasteiger partial charge in [0.25, 0.3) is 0 Å². The Morgan fingerprint density at radius 1 is 1.31 bits per heavy atom. The number of rotatable bonds is 6. The fourth-order valence-corrected chi connectivity index (χ4v) is 1.44. The summed E-state index contributed by atoms with van der Waals surface area (Å²) in [7, 11) is 1.67. The molecule has 0 aliphatic carbocycles. The van der Waals surface area contributed by atoms with Gasteiger partial charge in [-0.2, -0.15) is 0 Å². The van der Waals surface area contributed by atoms with Gasteiger partial charge in [0, 0.05) is 39.8 Å². The summed E-state index contributed by atoms with van der Waals surface area (Å²) in [5.41, 5.74) is 0. The molecule has 0 saturated carbocycles. The van der Waals surface area contributed by atoms with Crippen LogP contribution in [0.25, 0.3) is 0 Å². The highest BCUT2D eigenvalue weighted by Crippen LogP contribution is 1.96. The number of carbonyl (C=O) groups excluding carboxylic acids is 1. The van der Waals surface area contributed by atoms with Crippen molar-refractivity contribution in [3.8, 4) is 0 Å². The van der Waals surface area contributed by atoms with E-state index in [0.717, 1.165) is 13.1 Å². The fraction of sp³-hybridized carbons (Fsp3) is 0.900. The van der Waals surface area contributed by atoms with Gasteiger partial charge in [-0.05, 0) is 0 Å². The molecule has 2 N–H and O–H groups in total. The van der Waals surface area contributed by atoms with Crippen LogP contribution < -0.4 is 10.6 Å². The van der Waals surface area contributed by atoms with Crippen LogP contribution in [0.5, 0.6) is 0 Å². The van der Waals surface area contributed by atoms with Crippen molar-refractivity contribution < 1.29 is 14.3 Å². The maximum atomic E-state index is 11.6. The molecule has 0 bridgehead atoms. The quantitative estimate of drug-likeness (QED) is 0.591. The Balaban J connectivity index is 1.97. The summed E-state index contributed by atoms with van der Waals surface area (Å²) < 4.78 is 10.1. The first kappa shape index (κ1) is 13.2. The van der Waals surface area contributed by atoms with E-state index in [0.29, 0.717) is 39.5 Å². The monoisotopic (exact) mass is 231 g/mol. The van der Waals surface area contributed by atoms with Crippen LogP contribution in [0.2, 0.25) is 0 Å². The molecule has 0 spiro atoms. The first-order valence-electron chi connectivity index (χ1n) is 5.65. The number of amides is 2. The molecule has 6 heteroatoms. The van der Waals surface area contributed by atoms with Crippen LogP contribution in [-0.4, -0.2) is 70.6 Å². The predicted molar refractivity (Wildman–Crippen MR) is 60.5 cm³/mol. The number of hydrogen-bond acceptors (Lipinski definition) is 4. The Morgan fingerprint density at radius 3 is 2.75 bits per heavy atom. The van der Waals surface area contributed by atoms with Crippen molar-refractivity contribution in [1.29, 1.82) is 0 Å². The molecule has 1 heterocycles. The summed E-state index contributed by atoms with van der Waals surface area (Å²) in [4.78, 5) is 13.4. The van der Waals surface area contributed by atoms with E-state index in [9.17, 15) is 4.79 Å². The van der Waals surface area contributed by atoms with Crippen molar-refractivity contribution in [2.24, 2.45) is 0 Å². The highest BCUT2D eigenvalue weighted by Gasteiger charge is 2.15. The first-order chi connectivity index (χ1) is 7.84. The summed E-state index contributed by atoms with van der Waals surface area (Å²) in [6, 6.07) is -0.00292. The van der Waals surface area contributed by atoms with Crippen LogP contribution in [-0.2, 0) is 9.47 Å². The third-order valence-electron chi connectivity index (χ3n) is 2.36. The number of morpholine rings is 1. The number of methoxy groups -OCH3 is 1. The second-order valence-corrected chi connectivity index (χ2v) is 3.57. The van der Waals surface area contributed by atoms with E-state index in [-0.39, 0.29) is 6.03 Å². The SMILES string of the molecule is COCCNCCNC(=O)N1CCOCC1. The Labute approximate surface area is 96.3 Å². The third-order valence-corrected chi connectivity index (χ3v) is 2.36. The maximum Gasteiger partial charge on any atom is 0.317 e. The number of urea groups is 1. The van der Waals surface area contributed by atoms with Crippen molar-refractivity contribution in [2.45, 2.75) is 0 Å². The summed E-state index contributed by atoms with van der Waals surface area (Å²) in [5, 5.41) is 6.02. The summed E-state index contributed by atoms with van der Waals surface area (Å²) in [5.74, 6) is 0. The van der Waals surface area contributed by atoms with Gasteiger partial charge in [-0.1, -0.05) is 0 Å². The summed E-state index contributed by atoms with van der Waals surface area (Å²) >= 11 is 0. The molecule has 0 aromatic carbocycles. The second-order valence-electron chi connectivity index (χ2n) is 3.57. The number of nitrogens with one attached hydrogen (secondary N) is 2. The molecule has 2 amide bonds. The fourth-order valence-electron chi connectivity index (χ4n) is 1.44. The van der Waals surface area contributed by atoms with Gasteiger partial charge in [0.1, 0.15) is 0 Å². The van der Waals surface area contributed by atoms with E-state index >= 15 is 0 Å². The molecule has 94 valence electrons. The molecule has 1 saturated heterocycles. The molecule has 1 fully saturated rings. The maximum absolute atomic E-state index is 11.6. The zero-order chi connectivity index (χ0) is 11.6. The minimum absolute atomic E-state index is 0.00292. The van der Waals surface area contributed by atoms with E-state index < -0.39 is 0 Å². The lowest BCUT2D eigenvalue weighted by atomic mass is 10.4. The van der Waals surface area contributed by atoms with Gasteiger partial charge in [0.15, 0.2) is 0 Å². The molecule has 0 unspecified atom stereocenters. The van der Waals surface area contributed by atoms with Gasteiger partial charge >= 0.3 is 6.03 Å². The van der Waals surface area contributed by atoms with Crippen molar-refractivity contribution in [3.63, 3.8) is 0 Å². The predicted octanol–water partition coefficient (Wildman–Crippen LogP) is -0.736. The van der Waals surface area contributed by atoms with Gasteiger partial charge in [0.2, 0.25) is 0 Å². The van der Waals surface area contributed by atoms with E-state index in [1.807, 2.05) is 0 Å². The average molecular weight is 231 g/mol. The molecule has 0 aromatic heterocycles. The molecule has 1 aliphatic rings. The van der Waals surface area contributed by atoms with Gasteiger partial charge in [-0.25, -0.2) is 4.79 Å². The molecule has 1 aliphatic heterocycles. The number of ether oxygens (including phenoxy) is 2. The van der Waals surface area contributed by atoms with Gasteiger partial charge < -0.3 is 25.0 Å². The molecule has 0 radical (unpaired) electrons. The normalized spacial score (nSPS) is 16.2. The van der Waals surface area contributed by atoms with Crippen LogP contribution in [0.1, 0.15) is 0 Å². The van der Waals surface area contributed by atoms with Crippen molar-refractivity contribution >= 4 is 6.03 Å². The molecule has 0 aromatic rings. The van der Waals surface area contributed by atoms with Crippen molar-refractivity contribution in [2.75, 3.05) is 59.7 Å². The van der Waals surface area contributed by atoms with Gasteiger partial charge in [-0.3, -0.25) is 0 Å². The Kier molecular flexibility index (Phi) is 6.87. The minimum atomic E-state index is -0.00292. The Morgan fingerprint density at radius 2 is 2.06 bits per heavy atom. The number of carbonyl (C=O) groups is 1. The third kappa shape index (κ3) is 5.29. The highest BCUT2D eigenvalue weighted by molar-refractivity contribution is 5.74. The highest BCUT2D eigenvalue weighted by atomic mass is 16.5. The Bertz CT molecular complexity index is 196. The number of nitrogens with zero attached hydrogens (tertiary/aromatic N) is 1. The lowest BCUT2D eigenvalue weighted by Gasteiger charge is -2.26. The molecular formula is C10H21N3O3. The van der Waals surface area contributed by atoms with E-state index in [4.69, 9.17) is 9.47 Å². The molecule has 1 rings (SSSR count). The summed E-state index contributed by atoms with van der Waals surface area (Å²) in [6.45, 7) is 5.55. The van der Waals surface area contributed by atoms with Crippen LogP contribution >= 0.6 is 0 Å².